The van der Waals surface area contributed by atoms with E-state index in [1.807, 2.05) is 0 Å². The summed E-state index contributed by atoms with van der Waals surface area (Å²) in [5.74, 6) is -0.692. The molecule has 18 heavy (non-hydrogen) atoms. The highest BCUT2D eigenvalue weighted by Crippen LogP contribution is 2.17. The quantitative estimate of drug-likeness (QED) is 0.673. The van der Waals surface area contributed by atoms with E-state index in [-0.39, 0.29) is 30.9 Å². The van der Waals surface area contributed by atoms with Crippen LogP contribution in [0.4, 0.5) is 0 Å². The molecular weight excluding hydrogens is 256 g/mol. The Balaban J connectivity index is 2.33. The van der Waals surface area contributed by atoms with Crippen molar-refractivity contribution in [2.24, 2.45) is 5.73 Å². The van der Waals surface area contributed by atoms with Crippen LogP contribution in [0.2, 0.25) is 0 Å². The number of nitrogens with two attached hydrogens (primary N) is 1. The fraction of sp³-hybridized carbons (Fsp3) is 0.909. The van der Waals surface area contributed by atoms with Crippen molar-refractivity contribution >= 4 is 16.0 Å². The Hall–Kier alpha value is -0.660. The largest absolute Gasteiger partial charge is 0.466 e. The summed E-state index contributed by atoms with van der Waals surface area (Å²) in [5.41, 5.74) is 5.75. The van der Waals surface area contributed by atoms with Gasteiger partial charge in [-0.05, 0) is 32.6 Å². The van der Waals surface area contributed by atoms with Crippen molar-refractivity contribution in [3.05, 3.63) is 0 Å². The van der Waals surface area contributed by atoms with Gasteiger partial charge >= 0.3 is 5.97 Å². The van der Waals surface area contributed by atoms with Gasteiger partial charge in [-0.2, -0.15) is 0 Å². The van der Waals surface area contributed by atoms with Gasteiger partial charge in [0.1, 0.15) is 0 Å². The Bertz CT molecular complexity index is 361. The summed E-state index contributed by atoms with van der Waals surface area (Å²) < 4.78 is 30.8. The minimum absolute atomic E-state index is 0.0444. The zero-order chi connectivity index (χ0) is 13.6. The molecule has 0 spiro atoms. The second kappa shape index (κ2) is 7.06. The molecule has 0 amide bonds. The average Bonchev–Trinajstić information content (AvgIpc) is 2.30. The molecule has 0 aromatic rings. The zero-order valence-corrected chi connectivity index (χ0v) is 11.5. The van der Waals surface area contributed by atoms with Gasteiger partial charge in [-0.3, -0.25) is 4.79 Å². The topological polar surface area (TPSA) is 98.5 Å². The molecule has 0 bridgehead atoms. The third kappa shape index (κ3) is 5.79. The van der Waals surface area contributed by atoms with E-state index < -0.39 is 16.0 Å². The van der Waals surface area contributed by atoms with Crippen molar-refractivity contribution in [1.29, 1.82) is 0 Å². The molecule has 6 nitrogen and oxygen atoms in total. The number of esters is 1. The lowest BCUT2D eigenvalue weighted by Gasteiger charge is -2.26. The Kier molecular flexibility index (Phi) is 6.04. The van der Waals surface area contributed by atoms with Gasteiger partial charge in [0.05, 0.1) is 18.8 Å². The normalized spacial score (nSPS) is 24.8. The van der Waals surface area contributed by atoms with Crippen LogP contribution in [0.25, 0.3) is 0 Å². The van der Waals surface area contributed by atoms with E-state index in [0.717, 1.165) is 25.7 Å². The first kappa shape index (κ1) is 15.4. The molecule has 0 aliphatic heterocycles. The molecule has 0 heterocycles. The van der Waals surface area contributed by atoms with Crippen LogP contribution in [0.15, 0.2) is 0 Å². The Labute approximate surface area is 108 Å². The zero-order valence-electron chi connectivity index (χ0n) is 10.7. The van der Waals surface area contributed by atoms with E-state index >= 15 is 0 Å². The van der Waals surface area contributed by atoms with Crippen molar-refractivity contribution in [3.8, 4) is 0 Å². The van der Waals surface area contributed by atoms with Gasteiger partial charge < -0.3 is 10.5 Å². The van der Waals surface area contributed by atoms with Gasteiger partial charge in [0.25, 0.3) is 0 Å². The van der Waals surface area contributed by atoms with Crippen LogP contribution in [0, 0.1) is 0 Å². The van der Waals surface area contributed by atoms with Crippen molar-refractivity contribution in [2.75, 3.05) is 12.4 Å². The van der Waals surface area contributed by atoms with Crippen LogP contribution in [-0.2, 0) is 19.6 Å². The van der Waals surface area contributed by atoms with Crippen LogP contribution in [0.5, 0.6) is 0 Å². The van der Waals surface area contributed by atoms with E-state index in [0.29, 0.717) is 0 Å². The second-order valence-electron chi connectivity index (χ2n) is 4.60. The van der Waals surface area contributed by atoms with Crippen molar-refractivity contribution in [3.63, 3.8) is 0 Å². The maximum absolute atomic E-state index is 11.7. The highest BCUT2D eigenvalue weighted by atomic mass is 32.2. The van der Waals surface area contributed by atoms with Crippen LogP contribution in [0.1, 0.15) is 39.0 Å². The van der Waals surface area contributed by atoms with E-state index in [1.165, 1.54) is 0 Å². The number of nitrogens with one attached hydrogen (secondary N) is 1. The van der Waals surface area contributed by atoms with Crippen LogP contribution in [0.3, 0.4) is 0 Å². The lowest BCUT2D eigenvalue weighted by Crippen LogP contribution is -2.41. The first-order chi connectivity index (χ1) is 8.43. The first-order valence-corrected chi connectivity index (χ1v) is 7.99. The molecule has 1 aliphatic rings. The van der Waals surface area contributed by atoms with E-state index in [4.69, 9.17) is 10.5 Å². The lowest BCUT2D eigenvalue weighted by atomic mass is 9.93. The number of sulfonamides is 1. The molecular formula is C11H22N2O4S. The molecule has 0 unspecified atom stereocenters. The van der Waals surface area contributed by atoms with E-state index in [2.05, 4.69) is 4.72 Å². The summed E-state index contributed by atoms with van der Waals surface area (Å²) in [5, 5.41) is 0. The standard InChI is InChI=1S/C11H22N2O4S/c1-2-17-11(14)7-8-18(15,16)13-10-5-3-9(12)4-6-10/h9-10,13H,2-8,12H2,1H3. The van der Waals surface area contributed by atoms with Gasteiger partial charge in [0.2, 0.25) is 10.0 Å². The lowest BCUT2D eigenvalue weighted by molar-refractivity contribution is -0.142. The summed E-state index contributed by atoms with van der Waals surface area (Å²) in [7, 11) is -3.40. The number of ether oxygens (including phenoxy) is 1. The monoisotopic (exact) mass is 278 g/mol. The predicted molar refractivity (Wildman–Crippen MR) is 68.4 cm³/mol. The summed E-state index contributed by atoms with van der Waals surface area (Å²) >= 11 is 0. The average molecular weight is 278 g/mol. The summed E-state index contributed by atoms with van der Waals surface area (Å²) in [4.78, 5) is 11.1. The Morgan fingerprint density at radius 1 is 1.33 bits per heavy atom. The minimum atomic E-state index is -3.40. The van der Waals surface area contributed by atoms with Gasteiger partial charge in [-0.1, -0.05) is 0 Å². The maximum atomic E-state index is 11.7. The molecule has 0 atom stereocenters. The predicted octanol–water partition coefficient (Wildman–Crippen LogP) is 0.129. The smallest absolute Gasteiger partial charge is 0.306 e. The third-order valence-corrected chi connectivity index (χ3v) is 4.43. The number of rotatable bonds is 6. The minimum Gasteiger partial charge on any atom is -0.466 e. The third-order valence-electron chi connectivity index (χ3n) is 3.00. The molecule has 106 valence electrons. The maximum Gasteiger partial charge on any atom is 0.306 e. The van der Waals surface area contributed by atoms with Crippen molar-refractivity contribution < 1.29 is 17.9 Å². The number of carbonyl (C=O) groups is 1. The number of hydrogen-bond acceptors (Lipinski definition) is 5. The molecule has 0 saturated heterocycles. The molecule has 1 aliphatic carbocycles. The van der Waals surface area contributed by atoms with Gasteiger partial charge in [0.15, 0.2) is 0 Å². The van der Waals surface area contributed by atoms with Gasteiger partial charge in [-0.25, -0.2) is 13.1 Å². The number of carbonyl (C=O) groups excluding carboxylic acids is 1. The van der Waals surface area contributed by atoms with Crippen LogP contribution < -0.4 is 10.5 Å². The van der Waals surface area contributed by atoms with Crippen LogP contribution in [-0.4, -0.2) is 38.8 Å². The highest BCUT2D eigenvalue weighted by Gasteiger charge is 2.23. The van der Waals surface area contributed by atoms with Crippen LogP contribution >= 0.6 is 0 Å². The fourth-order valence-corrected chi connectivity index (χ4v) is 3.30. The highest BCUT2D eigenvalue weighted by molar-refractivity contribution is 7.89. The van der Waals surface area contributed by atoms with Crippen molar-refractivity contribution in [2.45, 2.75) is 51.1 Å². The van der Waals surface area contributed by atoms with Gasteiger partial charge in [0, 0.05) is 12.1 Å². The van der Waals surface area contributed by atoms with Crippen molar-refractivity contribution in [1.82, 2.24) is 4.72 Å². The first-order valence-electron chi connectivity index (χ1n) is 6.34. The molecule has 1 fully saturated rings. The Morgan fingerprint density at radius 3 is 2.50 bits per heavy atom. The SMILES string of the molecule is CCOC(=O)CCS(=O)(=O)NC1CCC(N)CC1. The molecule has 1 rings (SSSR count). The summed E-state index contributed by atoms with van der Waals surface area (Å²) in [6.07, 6.45) is 3.10. The number of hydrogen-bond donors (Lipinski definition) is 2. The van der Waals surface area contributed by atoms with E-state index in [9.17, 15) is 13.2 Å². The molecule has 0 aromatic heterocycles. The molecule has 7 heteroatoms. The molecule has 3 N–H and O–H groups in total. The molecule has 1 saturated carbocycles. The van der Waals surface area contributed by atoms with E-state index in [1.54, 1.807) is 6.92 Å². The summed E-state index contributed by atoms with van der Waals surface area (Å²) in [6, 6.07) is 0.141. The molecule has 0 radical (unpaired) electrons. The van der Waals surface area contributed by atoms with Gasteiger partial charge in [-0.15, -0.1) is 0 Å². The molecule has 0 aromatic carbocycles. The second-order valence-corrected chi connectivity index (χ2v) is 6.48. The summed E-state index contributed by atoms with van der Waals surface area (Å²) in [6.45, 7) is 1.96. The Morgan fingerprint density at radius 2 is 1.94 bits per heavy atom. The fourth-order valence-electron chi connectivity index (χ4n) is 2.00.